The van der Waals surface area contributed by atoms with Gasteiger partial charge in [0.05, 0.1) is 10.3 Å². The van der Waals surface area contributed by atoms with Gasteiger partial charge in [-0.3, -0.25) is 25.0 Å². The summed E-state index contributed by atoms with van der Waals surface area (Å²) in [6, 6.07) is 6.35. The fourth-order valence-corrected chi connectivity index (χ4v) is 3.29. The molecule has 2 amide bonds. The molecule has 0 aromatic heterocycles. The van der Waals surface area contributed by atoms with Crippen LogP contribution in [0.4, 0.5) is 11.4 Å². The molecular weight excluding hydrogens is 286 g/mol. The minimum absolute atomic E-state index is 0.0514. The van der Waals surface area contributed by atoms with Gasteiger partial charge in [0.2, 0.25) is 11.8 Å². The number of amides is 2. The molecule has 22 heavy (non-hydrogen) atoms. The Morgan fingerprint density at radius 3 is 2.59 bits per heavy atom. The van der Waals surface area contributed by atoms with Crippen molar-refractivity contribution >= 4 is 23.2 Å². The van der Waals surface area contributed by atoms with Gasteiger partial charge in [0, 0.05) is 37.3 Å². The largest absolute Gasteiger partial charge is 0.370 e. The van der Waals surface area contributed by atoms with Crippen molar-refractivity contribution in [1.29, 1.82) is 0 Å². The van der Waals surface area contributed by atoms with Crippen molar-refractivity contribution < 1.29 is 14.5 Å². The molecule has 2 saturated heterocycles. The molecule has 2 fully saturated rings. The molecule has 116 valence electrons. The van der Waals surface area contributed by atoms with Gasteiger partial charge in [-0.25, -0.2) is 0 Å². The Morgan fingerprint density at radius 1 is 1.18 bits per heavy atom. The van der Waals surface area contributed by atoms with Gasteiger partial charge < -0.3 is 4.90 Å². The summed E-state index contributed by atoms with van der Waals surface area (Å²) in [5.74, 6) is -0.380. The Morgan fingerprint density at radius 2 is 1.91 bits per heavy atom. The molecule has 2 aliphatic heterocycles. The Hall–Kier alpha value is -2.44. The highest BCUT2D eigenvalue weighted by atomic mass is 16.6. The molecule has 7 heteroatoms. The van der Waals surface area contributed by atoms with Crippen molar-refractivity contribution in [2.45, 2.75) is 25.7 Å². The number of hydrogen-bond acceptors (Lipinski definition) is 5. The standard InChI is InChI=1S/C15H17N3O4/c19-13-2-1-7-15(14(20)16-13)8-9-17(10-15)11-3-5-12(6-4-11)18(21)22/h3-6H,1-2,7-10H2,(H,16,19,20). The molecule has 1 atom stereocenters. The van der Waals surface area contributed by atoms with Crippen molar-refractivity contribution in [3.05, 3.63) is 34.4 Å². The van der Waals surface area contributed by atoms with Crippen LogP contribution in [0.5, 0.6) is 0 Å². The van der Waals surface area contributed by atoms with Gasteiger partial charge in [-0.15, -0.1) is 0 Å². The van der Waals surface area contributed by atoms with E-state index >= 15 is 0 Å². The molecule has 0 radical (unpaired) electrons. The molecule has 2 heterocycles. The maximum Gasteiger partial charge on any atom is 0.269 e. The lowest BCUT2D eigenvalue weighted by Crippen LogP contribution is -2.43. The van der Waals surface area contributed by atoms with Crippen LogP contribution in [0.1, 0.15) is 25.7 Å². The zero-order valence-corrected chi connectivity index (χ0v) is 12.1. The molecule has 2 aliphatic rings. The van der Waals surface area contributed by atoms with Gasteiger partial charge in [0.15, 0.2) is 0 Å². The van der Waals surface area contributed by atoms with E-state index in [2.05, 4.69) is 10.2 Å². The molecule has 1 aromatic carbocycles. The van der Waals surface area contributed by atoms with Crippen molar-refractivity contribution in [3.8, 4) is 0 Å². The Balaban J connectivity index is 1.77. The molecular formula is C15H17N3O4. The Bertz CT molecular complexity index is 628. The normalized spacial score (nSPS) is 25.2. The van der Waals surface area contributed by atoms with Crippen LogP contribution in [-0.2, 0) is 9.59 Å². The van der Waals surface area contributed by atoms with Crippen LogP contribution >= 0.6 is 0 Å². The van der Waals surface area contributed by atoms with E-state index in [0.29, 0.717) is 38.8 Å². The second-order valence-electron chi connectivity index (χ2n) is 5.96. The van der Waals surface area contributed by atoms with Crippen LogP contribution in [0, 0.1) is 15.5 Å². The van der Waals surface area contributed by atoms with Crippen molar-refractivity contribution in [2.75, 3.05) is 18.0 Å². The summed E-state index contributed by atoms with van der Waals surface area (Å²) in [6.45, 7) is 1.25. The maximum atomic E-state index is 12.3. The van der Waals surface area contributed by atoms with Gasteiger partial charge in [-0.1, -0.05) is 0 Å². The van der Waals surface area contributed by atoms with Crippen LogP contribution in [0.2, 0.25) is 0 Å². The van der Waals surface area contributed by atoms with Gasteiger partial charge in [0.1, 0.15) is 0 Å². The van der Waals surface area contributed by atoms with E-state index in [0.717, 1.165) is 5.69 Å². The summed E-state index contributed by atoms with van der Waals surface area (Å²) in [5, 5.41) is 13.2. The third-order valence-corrected chi connectivity index (χ3v) is 4.57. The zero-order chi connectivity index (χ0) is 15.7. The van der Waals surface area contributed by atoms with Crippen LogP contribution in [0.3, 0.4) is 0 Å². The summed E-state index contributed by atoms with van der Waals surface area (Å²) in [6.07, 6.45) is 2.51. The summed E-state index contributed by atoms with van der Waals surface area (Å²) in [7, 11) is 0. The lowest BCUT2D eigenvalue weighted by molar-refractivity contribution is -0.384. The number of carbonyl (C=O) groups excluding carboxylic acids is 2. The summed E-state index contributed by atoms with van der Waals surface area (Å²) < 4.78 is 0. The maximum absolute atomic E-state index is 12.3. The molecule has 7 nitrogen and oxygen atoms in total. The zero-order valence-electron chi connectivity index (χ0n) is 12.1. The fourth-order valence-electron chi connectivity index (χ4n) is 3.29. The van der Waals surface area contributed by atoms with Crippen LogP contribution in [0.25, 0.3) is 0 Å². The lowest BCUT2D eigenvalue weighted by atomic mass is 9.82. The van der Waals surface area contributed by atoms with Crippen molar-refractivity contribution in [2.24, 2.45) is 5.41 Å². The Kier molecular flexibility index (Phi) is 3.56. The quantitative estimate of drug-likeness (QED) is 0.509. The number of benzene rings is 1. The first-order chi connectivity index (χ1) is 10.5. The minimum Gasteiger partial charge on any atom is -0.370 e. The molecule has 3 rings (SSSR count). The number of nitrogens with one attached hydrogen (secondary N) is 1. The molecule has 0 aliphatic carbocycles. The third-order valence-electron chi connectivity index (χ3n) is 4.57. The van der Waals surface area contributed by atoms with Gasteiger partial charge in [-0.2, -0.15) is 0 Å². The van der Waals surface area contributed by atoms with E-state index in [9.17, 15) is 19.7 Å². The molecule has 1 unspecified atom stereocenters. The van der Waals surface area contributed by atoms with Crippen LogP contribution < -0.4 is 10.2 Å². The number of nitrogens with zero attached hydrogens (tertiary/aromatic N) is 2. The van der Waals surface area contributed by atoms with E-state index in [1.807, 2.05) is 0 Å². The van der Waals surface area contributed by atoms with E-state index in [-0.39, 0.29) is 17.5 Å². The second-order valence-corrected chi connectivity index (χ2v) is 5.96. The number of rotatable bonds is 2. The first-order valence-electron chi connectivity index (χ1n) is 7.34. The predicted molar refractivity (Wildman–Crippen MR) is 79.4 cm³/mol. The summed E-state index contributed by atoms with van der Waals surface area (Å²) in [5.41, 5.74) is 0.398. The van der Waals surface area contributed by atoms with E-state index in [1.54, 1.807) is 12.1 Å². The minimum atomic E-state index is -0.520. The van der Waals surface area contributed by atoms with Gasteiger partial charge >= 0.3 is 0 Å². The smallest absolute Gasteiger partial charge is 0.269 e. The average Bonchev–Trinajstić information content (AvgIpc) is 2.87. The van der Waals surface area contributed by atoms with Crippen molar-refractivity contribution in [1.82, 2.24) is 5.32 Å². The second kappa shape index (κ2) is 5.40. The summed E-state index contributed by atoms with van der Waals surface area (Å²) >= 11 is 0. The fraction of sp³-hybridized carbons (Fsp3) is 0.467. The number of carbonyl (C=O) groups is 2. The number of anilines is 1. The number of nitro groups is 1. The first-order valence-corrected chi connectivity index (χ1v) is 7.34. The Labute approximate surface area is 127 Å². The van der Waals surface area contributed by atoms with Crippen LogP contribution in [-0.4, -0.2) is 29.8 Å². The van der Waals surface area contributed by atoms with E-state index in [4.69, 9.17) is 0 Å². The average molecular weight is 303 g/mol. The topological polar surface area (TPSA) is 92.6 Å². The highest BCUT2D eigenvalue weighted by Crippen LogP contribution is 2.39. The highest BCUT2D eigenvalue weighted by molar-refractivity contribution is 5.99. The SMILES string of the molecule is O=C1CCCC2(CCN(c3ccc([N+](=O)[O-])cc3)C2)C(=O)N1. The highest BCUT2D eigenvalue weighted by Gasteiger charge is 2.46. The number of imide groups is 1. The predicted octanol–water partition coefficient (Wildman–Crippen LogP) is 1.62. The summed E-state index contributed by atoms with van der Waals surface area (Å²) in [4.78, 5) is 36.1. The number of hydrogen-bond donors (Lipinski definition) is 1. The first kappa shape index (κ1) is 14.5. The monoisotopic (exact) mass is 303 g/mol. The van der Waals surface area contributed by atoms with Crippen LogP contribution in [0.15, 0.2) is 24.3 Å². The number of nitro benzene ring substituents is 1. The molecule has 1 spiro atoms. The molecule has 0 bridgehead atoms. The molecule has 1 aromatic rings. The van der Waals surface area contributed by atoms with E-state index in [1.165, 1.54) is 12.1 Å². The third kappa shape index (κ3) is 2.54. The molecule has 1 N–H and O–H groups in total. The number of non-ortho nitro benzene ring substituents is 1. The van der Waals surface area contributed by atoms with Gasteiger partial charge in [-0.05, 0) is 31.4 Å². The van der Waals surface area contributed by atoms with Crippen molar-refractivity contribution in [3.63, 3.8) is 0 Å². The lowest BCUT2D eigenvalue weighted by Gasteiger charge is -2.26. The van der Waals surface area contributed by atoms with Gasteiger partial charge in [0.25, 0.3) is 5.69 Å². The van der Waals surface area contributed by atoms with E-state index < -0.39 is 10.3 Å². The molecule has 0 saturated carbocycles.